The fourth-order valence-corrected chi connectivity index (χ4v) is 4.86. The van der Waals surface area contributed by atoms with E-state index in [4.69, 9.17) is 19.0 Å². The monoisotopic (exact) mass is 733 g/mol. The first-order valence-electron chi connectivity index (χ1n) is 16.3. The van der Waals surface area contributed by atoms with E-state index in [0.29, 0.717) is 6.61 Å². The molecule has 1 saturated heterocycles. The van der Waals surface area contributed by atoms with E-state index in [9.17, 15) is 28.8 Å². The van der Waals surface area contributed by atoms with Gasteiger partial charge in [-0.15, -0.1) is 11.3 Å². The van der Waals surface area contributed by atoms with Crippen LogP contribution in [0.4, 0.5) is 9.93 Å². The van der Waals surface area contributed by atoms with E-state index in [0.717, 1.165) is 30.2 Å². The number of thiazole rings is 1. The maximum atomic E-state index is 13.6. The van der Waals surface area contributed by atoms with E-state index in [1.54, 1.807) is 48.6 Å². The quantitative estimate of drug-likeness (QED) is 0.0727. The molecule has 1 aliphatic heterocycles. The zero-order chi connectivity index (χ0) is 38.3. The third-order valence-corrected chi connectivity index (χ3v) is 7.55. The Kier molecular flexibility index (Phi) is 13.0. The fourth-order valence-electron chi connectivity index (χ4n) is 4.18. The molecule has 0 bridgehead atoms. The Morgan fingerprint density at radius 3 is 2.31 bits per heavy atom. The third kappa shape index (κ3) is 11.8. The van der Waals surface area contributed by atoms with Gasteiger partial charge in [0.25, 0.3) is 11.8 Å². The molecule has 0 unspecified atom stereocenters. The number of rotatable bonds is 14. The molecule has 0 radical (unpaired) electrons. The number of oxime groups is 1. The molecule has 0 spiro atoms. The Morgan fingerprint density at radius 2 is 1.71 bits per heavy atom. The van der Waals surface area contributed by atoms with Gasteiger partial charge in [0.15, 0.2) is 16.6 Å². The van der Waals surface area contributed by atoms with Crippen LogP contribution in [-0.2, 0) is 35.7 Å². The van der Waals surface area contributed by atoms with Crippen molar-refractivity contribution in [2.75, 3.05) is 18.5 Å². The SMILES string of the molecule is CCCCOc1cn(C)c(C(=O)NC[C@H]2NC(=O)[C@H]2NC(=O)/C(=N\OC(C)(C)C(=O)OC(C)(C)C)c2csc(NC(=O)OC(C)(C)C)n2)cc1=O. The highest BCUT2D eigenvalue weighted by atomic mass is 32.1. The van der Waals surface area contributed by atoms with Gasteiger partial charge in [-0.2, -0.15) is 0 Å². The topological polar surface area (TPSA) is 218 Å². The summed E-state index contributed by atoms with van der Waals surface area (Å²) in [5.41, 5.74) is -4.11. The smallest absolute Gasteiger partial charge is 0.413 e. The normalized spacial score (nSPS) is 16.3. The number of esters is 1. The summed E-state index contributed by atoms with van der Waals surface area (Å²) in [7, 11) is 1.59. The lowest BCUT2D eigenvalue weighted by molar-refractivity contribution is -0.179. The second-order valence-corrected chi connectivity index (χ2v) is 15.0. The summed E-state index contributed by atoms with van der Waals surface area (Å²) >= 11 is 0.964. The minimum atomic E-state index is -1.65. The number of anilines is 1. The van der Waals surface area contributed by atoms with Crippen molar-refractivity contribution in [3.8, 4) is 5.75 Å². The lowest BCUT2D eigenvalue weighted by Gasteiger charge is -2.37. The summed E-state index contributed by atoms with van der Waals surface area (Å²) in [4.78, 5) is 86.6. The maximum Gasteiger partial charge on any atom is 0.413 e. The van der Waals surface area contributed by atoms with Gasteiger partial charge in [0.2, 0.25) is 16.9 Å². The van der Waals surface area contributed by atoms with Crippen LogP contribution in [0.1, 0.15) is 91.3 Å². The number of ether oxygens (including phenoxy) is 3. The van der Waals surface area contributed by atoms with Crippen LogP contribution in [0.3, 0.4) is 0 Å². The van der Waals surface area contributed by atoms with Crippen LogP contribution in [-0.4, -0.2) is 87.1 Å². The van der Waals surface area contributed by atoms with Crippen molar-refractivity contribution in [2.45, 2.75) is 104 Å². The van der Waals surface area contributed by atoms with Crippen LogP contribution in [0, 0.1) is 0 Å². The Balaban J connectivity index is 1.78. The molecule has 2 atom stereocenters. The van der Waals surface area contributed by atoms with Crippen molar-refractivity contribution in [1.29, 1.82) is 0 Å². The number of hydrogen-bond donors (Lipinski definition) is 4. The van der Waals surface area contributed by atoms with Gasteiger partial charge in [0.05, 0.1) is 18.8 Å². The summed E-state index contributed by atoms with van der Waals surface area (Å²) in [5, 5.41) is 15.8. The number of aromatic nitrogens is 2. The highest BCUT2D eigenvalue weighted by molar-refractivity contribution is 7.14. The Bertz CT molecular complexity index is 1720. The van der Waals surface area contributed by atoms with Gasteiger partial charge in [-0.1, -0.05) is 18.5 Å². The number of hydrogen-bond acceptors (Lipinski definition) is 13. The molecule has 280 valence electrons. The third-order valence-electron chi connectivity index (χ3n) is 6.80. The number of carbonyl (C=O) groups excluding carboxylic acids is 5. The van der Waals surface area contributed by atoms with Gasteiger partial charge < -0.3 is 39.6 Å². The summed E-state index contributed by atoms with van der Waals surface area (Å²) in [6.45, 7) is 15.2. The number of nitrogens with one attached hydrogen (secondary N) is 4. The molecule has 1 fully saturated rings. The van der Waals surface area contributed by atoms with E-state index in [1.807, 2.05) is 6.92 Å². The number of β-lactam (4-membered cyclic amide) rings is 1. The average molecular weight is 734 g/mol. The molecular formula is C33H47N7O10S. The van der Waals surface area contributed by atoms with Crippen LogP contribution < -0.4 is 31.4 Å². The van der Waals surface area contributed by atoms with Gasteiger partial charge in [-0.05, 0) is 61.8 Å². The second kappa shape index (κ2) is 16.3. The van der Waals surface area contributed by atoms with Crippen LogP contribution in [0.5, 0.6) is 5.75 Å². The minimum Gasteiger partial charge on any atom is -0.488 e. The molecule has 17 nitrogen and oxygen atoms in total. The minimum absolute atomic E-state index is 0.0452. The lowest BCUT2D eigenvalue weighted by atomic mass is 9.98. The highest BCUT2D eigenvalue weighted by Gasteiger charge is 2.42. The predicted octanol–water partition coefficient (Wildman–Crippen LogP) is 2.62. The Labute approximate surface area is 299 Å². The summed E-state index contributed by atoms with van der Waals surface area (Å²) in [6, 6.07) is -0.687. The Morgan fingerprint density at radius 1 is 1.04 bits per heavy atom. The summed E-state index contributed by atoms with van der Waals surface area (Å²) < 4.78 is 17.6. The molecule has 3 rings (SSSR count). The van der Waals surface area contributed by atoms with Crippen molar-refractivity contribution < 1.29 is 43.0 Å². The van der Waals surface area contributed by atoms with Gasteiger partial charge in [-0.25, -0.2) is 14.6 Å². The molecule has 2 aromatic rings. The highest BCUT2D eigenvalue weighted by Crippen LogP contribution is 2.21. The molecule has 4 N–H and O–H groups in total. The zero-order valence-electron chi connectivity index (χ0n) is 30.5. The van der Waals surface area contributed by atoms with E-state index in [-0.39, 0.29) is 28.8 Å². The first kappa shape index (κ1) is 40.4. The van der Waals surface area contributed by atoms with Crippen LogP contribution in [0.2, 0.25) is 0 Å². The Hall–Kier alpha value is -5.00. The van der Waals surface area contributed by atoms with E-state index >= 15 is 0 Å². The molecule has 18 heteroatoms. The number of nitrogens with zero attached hydrogens (tertiary/aromatic N) is 3. The number of aryl methyl sites for hydroxylation is 1. The standard InChI is InChI=1S/C33H47N7O10S/c1-11-12-13-47-22-16-40(10)20(14-21(22)41)25(42)34-15-18-23(26(43)35-18)37-27(44)24(39-50-33(8,9)28(45)48-31(2,3)4)19-17-51-29(36-19)38-30(46)49-32(5,6)7/h14,16-18,23H,11-13,15H2,1-10H3,(H,34,42)(H,35,43)(H,37,44)(H,36,38,46)/b39-24-/t18-,23+/m1/s1. The lowest BCUT2D eigenvalue weighted by Crippen LogP contribution is -2.72. The number of carbonyl (C=O) groups is 5. The zero-order valence-corrected chi connectivity index (χ0v) is 31.4. The van der Waals surface area contributed by atoms with Gasteiger partial charge >= 0.3 is 12.1 Å². The molecule has 0 aliphatic carbocycles. The summed E-state index contributed by atoms with van der Waals surface area (Å²) in [5.74, 6) is -2.66. The summed E-state index contributed by atoms with van der Waals surface area (Å²) in [6.07, 6.45) is 2.33. The van der Waals surface area contributed by atoms with E-state index in [2.05, 4.69) is 31.4 Å². The van der Waals surface area contributed by atoms with Crippen molar-refractivity contribution >= 4 is 52.0 Å². The van der Waals surface area contributed by atoms with Crippen molar-refractivity contribution in [1.82, 2.24) is 25.5 Å². The molecule has 51 heavy (non-hydrogen) atoms. The molecule has 3 heterocycles. The molecule has 4 amide bonds. The van der Waals surface area contributed by atoms with Crippen molar-refractivity contribution in [3.63, 3.8) is 0 Å². The molecular weight excluding hydrogens is 686 g/mol. The van der Waals surface area contributed by atoms with Crippen LogP contribution in [0.25, 0.3) is 0 Å². The molecule has 0 aromatic carbocycles. The molecule has 0 saturated carbocycles. The van der Waals surface area contributed by atoms with Crippen molar-refractivity contribution in [3.05, 3.63) is 39.3 Å². The number of pyridine rings is 1. The van der Waals surface area contributed by atoms with E-state index in [1.165, 1.54) is 30.0 Å². The number of unbranched alkanes of at least 4 members (excludes halogenated alkanes) is 1. The van der Waals surface area contributed by atoms with Gasteiger partial charge in [0.1, 0.15) is 28.6 Å². The molecule has 1 aliphatic rings. The van der Waals surface area contributed by atoms with Crippen LogP contribution >= 0.6 is 11.3 Å². The van der Waals surface area contributed by atoms with Gasteiger partial charge in [0, 0.05) is 25.0 Å². The van der Waals surface area contributed by atoms with E-state index < -0.39 is 69.8 Å². The van der Waals surface area contributed by atoms with Gasteiger partial charge in [-0.3, -0.25) is 24.5 Å². The van der Waals surface area contributed by atoms with Crippen LogP contribution in [0.15, 0.2) is 27.6 Å². The second-order valence-electron chi connectivity index (χ2n) is 14.2. The maximum absolute atomic E-state index is 13.6. The largest absolute Gasteiger partial charge is 0.488 e. The first-order valence-corrected chi connectivity index (χ1v) is 17.2. The van der Waals surface area contributed by atoms with Crippen molar-refractivity contribution in [2.24, 2.45) is 12.2 Å². The average Bonchev–Trinajstić information content (AvgIpc) is 3.45. The molecule has 2 aromatic heterocycles. The first-order chi connectivity index (χ1) is 23.6. The number of amides is 4. The fraction of sp³-hybridized carbons (Fsp3) is 0.576. The predicted molar refractivity (Wildman–Crippen MR) is 188 cm³/mol.